The van der Waals surface area contributed by atoms with Crippen LogP contribution < -0.4 is 4.74 Å². The van der Waals surface area contributed by atoms with E-state index in [4.69, 9.17) is 21.4 Å². The Balaban J connectivity index is 1.64. The lowest BCUT2D eigenvalue weighted by Crippen LogP contribution is -2.10. The van der Waals surface area contributed by atoms with Crippen LogP contribution >= 0.6 is 11.6 Å². The molecule has 3 nitrogen and oxygen atoms in total. The second-order valence-electron chi connectivity index (χ2n) is 9.37. The first kappa shape index (κ1) is 24.0. The van der Waals surface area contributed by atoms with E-state index < -0.39 is 5.97 Å². The van der Waals surface area contributed by atoms with Crippen molar-refractivity contribution in [1.29, 1.82) is 0 Å². The smallest absolute Gasteiger partial charge is 0.303 e. The van der Waals surface area contributed by atoms with Crippen LogP contribution in [0.15, 0.2) is 66.7 Å². The van der Waals surface area contributed by atoms with Crippen molar-refractivity contribution in [3.8, 4) is 16.9 Å². The van der Waals surface area contributed by atoms with Crippen LogP contribution in [0.4, 0.5) is 4.39 Å². The number of hydrogen-bond acceptors (Lipinski definition) is 2. The Hall–Kier alpha value is -3.11. The molecular weight excluding hydrogens is 451 g/mol. The minimum atomic E-state index is -0.820. The van der Waals surface area contributed by atoms with Crippen LogP contribution in [0.3, 0.4) is 0 Å². The summed E-state index contributed by atoms with van der Waals surface area (Å²) in [6, 6.07) is 18.1. The second kappa shape index (κ2) is 10.0. The van der Waals surface area contributed by atoms with E-state index in [1.807, 2.05) is 36.4 Å². The Bertz CT molecular complexity index is 1250. The van der Waals surface area contributed by atoms with Gasteiger partial charge in [-0.05, 0) is 88.9 Å². The van der Waals surface area contributed by atoms with Gasteiger partial charge in [0.2, 0.25) is 0 Å². The van der Waals surface area contributed by atoms with E-state index in [0.29, 0.717) is 29.4 Å². The summed E-state index contributed by atoms with van der Waals surface area (Å²) < 4.78 is 20.8. The van der Waals surface area contributed by atoms with Crippen molar-refractivity contribution >= 4 is 23.1 Å². The zero-order valence-corrected chi connectivity index (χ0v) is 20.2. The summed E-state index contributed by atoms with van der Waals surface area (Å²) in [5.74, 6) is -0.432. The third-order valence-corrected chi connectivity index (χ3v) is 6.61. The maximum Gasteiger partial charge on any atom is 0.303 e. The van der Waals surface area contributed by atoms with Gasteiger partial charge in [-0.15, -0.1) is 0 Å². The highest BCUT2D eigenvalue weighted by Crippen LogP contribution is 2.47. The van der Waals surface area contributed by atoms with Gasteiger partial charge in [0.25, 0.3) is 0 Å². The highest BCUT2D eigenvalue weighted by molar-refractivity contribution is 6.30. The number of carboxylic acid groups (broad SMARTS) is 1. The Morgan fingerprint density at radius 2 is 1.85 bits per heavy atom. The molecule has 0 unspecified atom stereocenters. The van der Waals surface area contributed by atoms with E-state index in [1.165, 1.54) is 11.6 Å². The number of allylic oxidation sites excluding steroid dienone is 2. The van der Waals surface area contributed by atoms with Gasteiger partial charge in [-0.2, -0.15) is 0 Å². The third-order valence-electron chi connectivity index (χ3n) is 6.37. The predicted octanol–water partition coefficient (Wildman–Crippen LogP) is 7.95. The van der Waals surface area contributed by atoms with Gasteiger partial charge in [0, 0.05) is 17.0 Å². The van der Waals surface area contributed by atoms with Crippen LogP contribution in [0.1, 0.15) is 49.8 Å². The van der Waals surface area contributed by atoms with E-state index >= 15 is 0 Å². The van der Waals surface area contributed by atoms with Crippen molar-refractivity contribution < 1.29 is 19.0 Å². The zero-order chi connectivity index (χ0) is 24.3. The molecule has 0 spiro atoms. The molecular formula is C29H28ClFO3. The Morgan fingerprint density at radius 3 is 2.59 bits per heavy atom. The van der Waals surface area contributed by atoms with Crippen LogP contribution in [-0.4, -0.2) is 11.1 Å². The number of carboxylic acids is 1. The predicted molar refractivity (Wildman–Crippen MR) is 135 cm³/mol. The fourth-order valence-electron chi connectivity index (χ4n) is 4.51. The summed E-state index contributed by atoms with van der Waals surface area (Å²) >= 11 is 6.20. The Labute approximate surface area is 204 Å². The molecule has 1 aliphatic carbocycles. The van der Waals surface area contributed by atoms with Crippen molar-refractivity contribution in [3.05, 3.63) is 94.3 Å². The van der Waals surface area contributed by atoms with Gasteiger partial charge >= 0.3 is 5.97 Å². The van der Waals surface area contributed by atoms with E-state index in [2.05, 4.69) is 26.0 Å². The largest absolute Gasteiger partial charge is 0.489 e. The van der Waals surface area contributed by atoms with E-state index in [0.717, 1.165) is 35.1 Å². The number of rotatable bonds is 8. The average Bonchev–Trinajstić information content (AvgIpc) is 3.17. The molecule has 0 aromatic heterocycles. The molecule has 3 aromatic carbocycles. The average molecular weight is 479 g/mol. The molecule has 0 fully saturated rings. The molecule has 0 aliphatic heterocycles. The first-order valence-corrected chi connectivity index (χ1v) is 11.8. The molecule has 0 bridgehead atoms. The fourth-order valence-corrected chi connectivity index (χ4v) is 4.69. The fraction of sp³-hybridized carbons (Fsp3) is 0.276. The molecule has 0 amide bonds. The van der Waals surface area contributed by atoms with Gasteiger partial charge < -0.3 is 9.84 Å². The monoisotopic (exact) mass is 478 g/mol. The number of hydrogen-bond donors (Lipinski definition) is 1. The molecule has 0 saturated carbocycles. The molecule has 4 rings (SSSR count). The third kappa shape index (κ3) is 5.51. The zero-order valence-electron chi connectivity index (χ0n) is 19.4. The van der Waals surface area contributed by atoms with Gasteiger partial charge in [0.15, 0.2) is 0 Å². The summed E-state index contributed by atoms with van der Waals surface area (Å²) in [5.41, 5.74) is 5.40. The number of ether oxygens (including phenoxy) is 1. The summed E-state index contributed by atoms with van der Waals surface area (Å²) in [6.07, 6.45) is 4.82. The van der Waals surface area contributed by atoms with Crippen molar-refractivity contribution in [3.63, 3.8) is 0 Å². The molecule has 1 aliphatic rings. The van der Waals surface area contributed by atoms with Crippen LogP contribution in [0, 0.1) is 11.2 Å². The number of halogens is 2. The quantitative estimate of drug-likeness (QED) is 0.357. The maximum absolute atomic E-state index is 14.8. The van der Waals surface area contributed by atoms with Crippen molar-refractivity contribution in [2.75, 3.05) is 0 Å². The summed E-state index contributed by atoms with van der Waals surface area (Å²) in [7, 11) is 0. The molecule has 0 atom stereocenters. The molecule has 0 radical (unpaired) electrons. The SMILES string of the molecule is CC1(C)CCC=C1c1cc(COc2cccc(CCC(=O)O)c2)ccc1-c1cc(Cl)ccc1F. The van der Waals surface area contributed by atoms with E-state index in [-0.39, 0.29) is 17.7 Å². The van der Waals surface area contributed by atoms with Crippen LogP contribution in [-0.2, 0) is 17.8 Å². The van der Waals surface area contributed by atoms with Crippen molar-refractivity contribution in [2.24, 2.45) is 5.41 Å². The van der Waals surface area contributed by atoms with E-state index in [9.17, 15) is 9.18 Å². The molecule has 34 heavy (non-hydrogen) atoms. The van der Waals surface area contributed by atoms with Crippen molar-refractivity contribution in [2.45, 2.75) is 46.1 Å². The van der Waals surface area contributed by atoms with Crippen molar-refractivity contribution in [1.82, 2.24) is 0 Å². The topological polar surface area (TPSA) is 46.5 Å². The number of benzene rings is 3. The van der Waals surface area contributed by atoms with E-state index in [1.54, 1.807) is 12.1 Å². The highest BCUT2D eigenvalue weighted by Gasteiger charge is 2.30. The minimum absolute atomic E-state index is 0.0121. The van der Waals surface area contributed by atoms with Crippen LogP contribution in [0.25, 0.3) is 16.7 Å². The molecule has 176 valence electrons. The van der Waals surface area contributed by atoms with Gasteiger partial charge in [-0.1, -0.05) is 55.8 Å². The second-order valence-corrected chi connectivity index (χ2v) is 9.81. The standard InChI is InChI=1S/C29H28ClFO3/c1-29(2)14-4-7-26(29)24-16-20(8-11-23(24)25-17-21(30)10-12-27(25)31)18-34-22-6-3-5-19(15-22)9-13-28(32)33/h3,5-8,10-12,15-17H,4,9,13-14,18H2,1-2H3,(H,32,33). The minimum Gasteiger partial charge on any atom is -0.489 e. The first-order valence-electron chi connectivity index (χ1n) is 11.5. The molecule has 0 heterocycles. The van der Waals surface area contributed by atoms with Gasteiger partial charge in [0.1, 0.15) is 18.2 Å². The lowest BCUT2D eigenvalue weighted by Gasteiger charge is -2.25. The molecule has 5 heteroatoms. The Kier molecular flexibility index (Phi) is 7.08. The van der Waals surface area contributed by atoms with Gasteiger partial charge in [-0.25, -0.2) is 4.39 Å². The van der Waals surface area contributed by atoms with Crippen LogP contribution in [0.5, 0.6) is 5.75 Å². The molecule has 3 aromatic rings. The number of carbonyl (C=O) groups is 1. The lowest BCUT2D eigenvalue weighted by molar-refractivity contribution is -0.136. The number of aliphatic carboxylic acids is 1. The van der Waals surface area contributed by atoms with Gasteiger partial charge in [-0.3, -0.25) is 4.79 Å². The summed E-state index contributed by atoms with van der Waals surface area (Å²) in [6.45, 7) is 4.78. The van der Waals surface area contributed by atoms with Gasteiger partial charge in [0.05, 0.1) is 0 Å². The maximum atomic E-state index is 14.8. The molecule has 1 N–H and O–H groups in total. The first-order chi connectivity index (χ1) is 16.2. The highest BCUT2D eigenvalue weighted by atomic mass is 35.5. The van der Waals surface area contributed by atoms with Crippen LogP contribution in [0.2, 0.25) is 5.02 Å². The summed E-state index contributed by atoms with van der Waals surface area (Å²) in [5, 5.41) is 9.42. The number of aryl methyl sites for hydroxylation is 1. The summed E-state index contributed by atoms with van der Waals surface area (Å²) in [4.78, 5) is 10.9. The molecule has 0 saturated heterocycles. The lowest BCUT2D eigenvalue weighted by atomic mass is 9.79. The Morgan fingerprint density at radius 1 is 1.03 bits per heavy atom. The normalized spacial score (nSPS) is 14.6.